The summed E-state index contributed by atoms with van der Waals surface area (Å²) in [4.78, 5) is 15.8. The van der Waals surface area contributed by atoms with Crippen LogP contribution in [-0.2, 0) is 11.3 Å². The van der Waals surface area contributed by atoms with Crippen LogP contribution in [0.3, 0.4) is 0 Å². The molecule has 2 saturated heterocycles. The van der Waals surface area contributed by atoms with Crippen molar-refractivity contribution in [2.75, 3.05) is 19.6 Å². The number of amides is 1. The lowest BCUT2D eigenvalue weighted by atomic mass is 9.82. The number of carbonyl (C=O) groups is 1. The van der Waals surface area contributed by atoms with Crippen LogP contribution in [0.2, 0.25) is 0 Å². The van der Waals surface area contributed by atoms with Crippen LogP contribution in [0.1, 0.15) is 32.3 Å². The van der Waals surface area contributed by atoms with E-state index < -0.39 is 17.4 Å². The standard InChI is InChI=1S/C17H24N2O3/c1-3-19-15(20)22-17(16(19,2)21)9-11-18(12-10-17)13-14-7-5-4-6-8-14/h4-8,21H,3,9-13H2,1-2H3. The number of hydrogen-bond donors (Lipinski definition) is 1. The van der Waals surface area contributed by atoms with Crippen molar-refractivity contribution < 1.29 is 14.6 Å². The van der Waals surface area contributed by atoms with E-state index in [1.54, 1.807) is 6.92 Å². The number of hydrogen-bond acceptors (Lipinski definition) is 4. The Labute approximate surface area is 131 Å². The van der Waals surface area contributed by atoms with Gasteiger partial charge in [0.1, 0.15) is 0 Å². The van der Waals surface area contributed by atoms with Gasteiger partial charge in [-0.3, -0.25) is 9.80 Å². The molecule has 1 N–H and O–H groups in total. The summed E-state index contributed by atoms with van der Waals surface area (Å²) in [6, 6.07) is 10.3. The number of rotatable bonds is 3. The molecular formula is C17H24N2O3. The number of nitrogens with zero attached hydrogens (tertiary/aromatic N) is 2. The molecule has 1 amide bonds. The largest absolute Gasteiger partial charge is 0.437 e. The van der Waals surface area contributed by atoms with Crippen molar-refractivity contribution in [3.63, 3.8) is 0 Å². The van der Waals surface area contributed by atoms with Crippen molar-refractivity contribution in [1.29, 1.82) is 0 Å². The van der Waals surface area contributed by atoms with E-state index in [0.29, 0.717) is 19.4 Å². The first-order valence-electron chi connectivity index (χ1n) is 7.98. The number of piperidine rings is 1. The summed E-state index contributed by atoms with van der Waals surface area (Å²) in [7, 11) is 0. The number of aliphatic hydroxyl groups is 1. The van der Waals surface area contributed by atoms with E-state index in [2.05, 4.69) is 17.0 Å². The molecule has 5 heteroatoms. The first-order chi connectivity index (χ1) is 10.5. The molecule has 5 nitrogen and oxygen atoms in total. The Bertz CT molecular complexity index is 536. The van der Waals surface area contributed by atoms with Crippen molar-refractivity contribution in [1.82, 2.24) is 9.80 Å². The average Bonchev–Trinajstić information content (AvgIpc) is 2.68. The predicted octanol–water partition coefficient (Wildman–Crippen LogP) is 2.20. The van der Waals surface area contributed by atoms with Crippen LogP contribution in [-0.4, -0.2) is 52.0 Å². The van der Waals surface area contributed by atoms with Gasteiger partial charge in [-0.25, -0.2) is 4.79 Å². The van der Waals surface area contributed by atoms with Crippen LogP contribution in [0.25, 0.3) is 0 Å². The third-order valence-electron chi connectivity index (χ3n) is 5.12. The summed E-state index contributed by atoms with van der Waals surface area (Å²) in [6.07, 6.45) is 0.924. The maximum absolute atomic E-state index is 12.0. The van der Waals surface area contributed by atoms with Crippen LogP contribution >= 0.6 is 0 Å². The second kappa shape index (κ2) is 5.56. The molecule has 1 aromatic carbocycles. The third kappa shape index (κ3) is 2.38. The van der Waals surface area contributed by atoms with E-state index >= 15 is 0 Å². The average molecular weight is 304 g/mol. The van der Waals surface area contributed by atoms with E-state index in [1.807, 2.05) is 25.1 Å². The van der Waals surface area contributed by atoms with E-state index in [-0.39, 0.29) is 0 Å². The SMILES string of the molecule is CCN1C(=O)OC2(CCN(Cc3ccccc3)CC2)C1(C)O. The first kappa shape index (κ1) is 15.3. The molecule has 0 radical (unpaired) electrons. The maximum Gasteiger partial charge on any atom is 0.412 e. The van der Waals surface area contributed by atoms with Crippen molar-refractivity contribution in [3.05, 3.63) is 35.9 Å². The van der Waals surface area contributed by atoms with Gasteiger partial charge in [-0.05, 0) is 19.4 Å². The lowest BCUT2D eigenvalue weighted by Gasteiger charge is -2.44. The Morgan fingerprint density at radius 1 is 1.23 bits per heavy atom. The molecule has 1 atom stereocenters. The normalized spacial score (nSPS) is 28.1. The highest BCUT2D eigenvalue weighted by Gasteiger charge is 2.62. The highest BCUT2D eigenvalue weighted by Crippen LogP contribution is 2.44. The van der Waals surface area contributed by atoms with E-state index in [1.165, 1.54) is 10.5 Å². The minimum atomic E-state index is -1.22. The Morgan fingerprint density at radius 3 is 2.41 bits per heavy atom. The van der Waals surface area contributed by atoms with Crippen molar-refractivity contribution in [3.8, 4) is 0 Å². The fourth-order valence-corrected chi connectivity index (χ4v) is 3.67. The molecule has 22 heavy (non-hydrogen) atoms. The number of likely N-dealkylation sites (N-methyl/N-ethyl adjacent to an activating group) is 1. The maximum atomic E-state index is 12.0. The summed E-state index contributed by atoms with van der Waals surface area (Å²) in [6.45, 7) is 6.55. The van der Waals surface area contributed by atoms with Gasteiger partial charge in [-0.1, -0.05) is 30.3 Å². The van der Waals surface area contributed by atoms with Crippen LogP contribution in [0.15, 0.2) is 30.3 Å². The highest BCUT2D eigenvalue weighted by atomic mass is 16.6. The van der Waals surface area contributed by atoms with Crippen molar-refractivity contribution >= 4 is 6.09 Å². The zero-order valence-electron chi connectivity index (χ0n) is 13.3. The Kier molecular flexibility index (Phi) is 3.87. The third-order valence-corrected chi connectivity index (χ3v) is 5.12. The summed E-state index contributed by atoms with van der Waals surface area (Å²) >= 11 is 0. The van der Waals surface area contributed by atoms with Gasteiger partial charge in [0.2, 0.25) is 0 Å². The van der Waals surface area contributed by atoms with Gasteiger partial charge in [0.05, 0.1) is 0 Å². The van der Waals surface area contributed by atoms with Crippen molar-refractivity contribution in [2.45, 2.75) is 44.6 Å². The molecule has 0 aromatic heterocycles. The van der Waals surface area contributed by atoms with Gasteiger partial charge in [-0.2, -0.15) is 0 Å². The van der Waals surface area contributed by atoms with Gasteiger partial charge in [0.15, 0.2) is 11.3 Å². The van der Waals surface area contributed by atoms with Gasteiger partial charge in [0.25, 0.3) is 0 Å². The van der Waals surface area contributed by atoms with Crippen LogP contribution in [0.4, 0.5) is 4.79 Å². The second-order valence-corrected chi connectivity index (χ2v) is 6.39. The van der Waals surface area contributed by atoms with Gasteiger partial charge < -0.3 is 9.84 Å². The monoisotopic (exact) mass is 304 g/mol. The Hall–Kier alpha value is -1.59. The minimum Gasteiger partial charge on any atom is -0.437 e. The lowest BCUT2D eigenvalue weighted by Crippen LogP contribution is -2.60. The number of likely N-dealkylation sites (tertiary alicyclic amines) is 1. The topological polar surface area (TPSA) is 53.0 Å². The summed E-state index contributed by atoms with van der Waals surface area (Å²) < 4.78 is 5.62. The Morgan fingerprint density at radius 2 is 1.86 bits per heavy atom. The van der Waals surface area contributed by atoms with E-state index in [9.17, 15) is 9.90 Å². The smallest absolute Gasteiger partial charge is 0.412 e. The summed E-state index contributed by atoms with van der Waals surface area (Å²) in [5.41, 5.74) is -0.714. The van der Waals surface area contributed by atoms with Crippen molar-refractivity contribution in [2.24, 2.45) is 0 Å². The molecule has 120 valence electrons. The molecule has 2 fully saturated rings. The van der Waals surface area contributed by atoms with Gasteiger partial charge >= 0.3 is 6.09 Å². The van der Waals surface area contributed by atoms with Gasteiger partial charge in [0, 0.05) is 39.0 Å². The number of benzene rings is 1. The van der Waals surface area contributed by atoms with Crippen LogP contribution in [0, 0.1) is 0 Å². The Balaban J connectivity index is 1.67. The lowest BCUT2D eigenvalue weighted by molar-refractivity contribution is -0.164. The molecule has 2 aliphatic heterocycles. The fourth-order valence-electron chi connectivity index (χ4n) is 3.67. The van der Waals surface area contributed by atoms with E-state index in [0.717, 1.165) is 19.6 Å². The molecule has 0 aliphatic carbocycles. The minimum absolute atomic E-state index is 0.399. The molecule has 0 bridgehead atoms. The predicted molar refractivity (Wildman–Crippen MR) is 83.2 cm³/mol. The molecule has 2 heterocycles. The van der Waals surface area contributed by atoms with Crippen LogP contribution < -0.4 is 0 Å². The summed E-state index contributed by atoms with van der Waals surface area (Å²) in [5, 5.41) is 10.8. The first-order valence-corrected chi connectivity index (χ1v) is 7.98. The molecule has 1 unspecified atom stereocenters. The molecule has 1 aromatic rings. The molecule has 3 rings (SSSR count). The van der Waals surface area contributed by atoms with E-state index in [4.69, 9.17) is 4.74 Å². The molecular weight excluding hydrogens is 280 g/mol. The number of carbonyl (C=O) groups excluding carboxylic acids is 1. The molecule has 0 saturated carbocycles. The zero-order valence-corrected chi connectivity index (χ0v) is 13.3. The zero-order chi connectivity index (χ0) is 15.8. The number of ether oxygens (including phenoxy) is 1. The fraction of sp³-hybridized carbons (Fsp3) is 0.588. The van der Waals surface area contributed by atoms with Gasteiger partial charge in [-0.15, -0.1) is 0 Å². The molecule has 2 aliphatic rings. The molecule has 1 spiro atoms. The highest BCUT2D eigenvalue weighted by molar-refractivity contribution is 5.72. The second-order valence-electron chi connectivity index (χ2n) is 6.39. The quantitative estimate of drug-likeness (QED) is 0.930. The summed E-state index contributed by atoms with van der Waals surface area (Å²) in [5.74, 6) is 0. The van der Waals surface area contributed by atoms with Crippen LogP contribution in [0.5, 0.6) is 0 Å².